The number of nitrogens with two attached hydrogens (primary N) is 1. The van der Waals surface area contributed by atoms with Crippen molar-refractivity contribution >= 4 is 28.6 Å². The number of hydrogen-bond acceptors (Lipinski definition) is 7. The molecule has 11 heteroatoms. The zero-order valence-electron chi connectivity index (χ0n) is 22.0. The van der Waals surface area contributed by atoms with Gasteiger partial charge in [0.1, 0.15) is 17.2 Å². The largest absolute Gasteiger partial charge is 0.483 e. The molecule has 1 aliphatic carbocycles. The molecule has 0 bridgehead atoms. The van der Waals surface area contributed by atoms with E-state index in [1.165, 1.54) is 12.1 Å². The fourth-order valence-corrected chi connectivity index (χ4v) is 5.02. The molecule has 0 unspecified atom stereocenters. The van der Waals surface area contributed by atoms with Crippen molar-refractivity contribution in [3.05, 3.63) is 33.9 Å². The maximum absolute atomic E-state index is 15.7. The van der Waals surface area contributed by atoms with E-state index in [1.54, 1.807) is 4.57 Å². The fourth-order valence-electron chi connectivity index (χ4n) is 5.02. The number of benzene rings is 1. The summed E-state index contributed by atoms with van der Waals surface area (Å²) in [5.41, 5.74) is 2.82. The van der Waals surface area contributed by atoms with Gasteiger partial charge in [0.05, 0.1) is 11.2 Å². The first-order chi connectivity index (χ1) is 17.4. The van der Waals surface area contributed by atoms with Crippen LogP contribution in [0.1, 0.15) is 58.6 Å². The molecule has 2 amide bonds. The summed E-state index contributed by atoms with van der Waals surface area (Å²) < 4.78 is 28.3. The van der Waals surface area contributed by atoms with Gasteiger partial charge in [-0.15, -0.1) is 0 Å². The molecular formula is C26H36FN5O5. The van der Waals surface area contributed by atoms with Crippen molar-refractivity contribution in [1.82, 2.24) is 15.3 Å². The summed E-state index contributed by atoms with van der Waals surface area (Å²) in [6.07, 6.45) is 2.03. The second-order valence-corrected chi connectivity index (χ2v) is 11.0. The Morgan fingerprint density at radius 1 is 1.24 bits per heavy atom. The first-order valence-corrected chi connectivity index (χ1v) is 12.6. The molecule has 2 aliphatic rings. The molecule has 1 aliphatic heterocycles. The average molecular weight is 518 g/mol. The predicted molar refractivity (Wildman–Crippen MR) is 138 cm³/mol. The van der Waals surface area contributed by atoms with Crippen LogP contribution in [0, 0.1) is 18.7 Å². The van der Waals surface area contributed by atoms with Crippen molar-refractivity contribution in [1.29, 1.82) is 0 Å². The second-order valence-electron chi connectivity index (χ2n) is 11.0. The van der Waals surface area contributed by atoms with E-state index in [9.17, 15) is 14.4 Å². The lowest BCUT2D eigenvalue weighted by molar-refractivity contribution is -0.123. The highest BCUT2D eigenvalue weighted by atomic mass is 19.1. The Kier molecular flexibility index (Phi) is 7.36. The summed E-state index contributed by atoms with van der Waals surface area (Å²) in [6, 6.07) is 2.57. The third-order valence-electron chi connectivity index (χ3n) is 6.89. The zero-order chi connectivity index (χ0) is 27.1. The van der Waals surface area contributed by atoms with Crippen LogP contribution in [0.25, 0.3) is 10.9 Å². The Bertz CT molecular complexity index is 1270. The molecule has 0 radical (unpaired) electrons. The summed E-state index contributed by atoms with van der Waals surface area (Å²) in [6.45, 7) is 9.92. The molecule has 202 valence electrons. The number of pyridine rings is 1. The maximum atomic E-state index is 15.7. The van der Waals surface area contributed by atoms with Gasteiger partial charge in [0.15, 0.2) is 6.61 Å². The summed E-state index contributed by atoms with van der Waals surface area (Å²) in [4.78, 5) is 38.9. The smallest absolute Gasteiger partial charge is 0.407 e. The number of anilines is 1. The van der Waals surface area contributed by atoms with E-state index in [4.69, 9.17) is 15.3 Å². The molecule has 0 spiro atoms. The van der Waals surface area contributed by atoms with Crippen LogP contribution in [0.3, 0.4) is 0 Å². The molecule has 2 heterocycles. The quantitative estimate of drug-likeness (QED) is 0.293. The minimum atomic E-state index is -0.592. The van der Waals surface area contributed by atoms with E-state index in [1.807, 2.05) is 44.9 Å². The van der Waals surface area contributed by atoms with Crippen molar-refractivity contribution < 1.29 is 23.5 Å². The van der Waals surface area contributed by atoms with Crippen molar-refractivity contribution in [2.24, 2.45) is 11.8 Å². The molecule has 10 nitrogen and oxygen atoms in total. The first-order valence-electron chi connectivity index (χ1n) is 12.6. The lowest BCUT2D eigenvalue weighted by Crippen LogP contribution is -2.42. The van der Waals surface area contributed by atoms with Crippen molar-refractivity contribution in [2.45, 2.75) is 71.6 Å². The Labute approximate surface area is 215 Å². The topological polar surface area (TPSA) is 128 Å². The number of fused-ring (bicyclic) bond motifs is 1. The van der Waals surface area contributed by atoms with Crippen LogP contribution in [0.5, 0.6) is 5.75 Å². The van der Waals surface area contributed by atoms with Gasteiger partial charge in [-0.3, -0.25) is 15.0 Å². The molecule has 1 aromatic heterocycles. The van der Waals surface area contributed by atoms with Crippen LogP contribution in [-0.4, -0.2) is 47.9 Å². The van der Waals surface area contributed by atoms with Gasteiger partial charge in [-0.1, -0.05) is 0 Å². The fraction of sp³-hybridized carbons (Fsp3) is 0.577. The highest BCUT2D eigenvalue weighted by Gasteiger charge is 2.34. The number of carbonyl (C=O) groups is 2. The summed E-state index contributed by atoms with van der Waals surface area (Å²) in [5.74, 6) is 4.37. The number of ether oxygens (including phenoxy) is 2. The number of nitrogens with zero attached hydrogens (tertiary/aromatic N) is 2. The van der Waals surface area contributed by atoms with Crippen LogP contribution in [0.4, 0.5) is 14.9 Å². The van der Waals surface area contributed by atoms with Crippen LogP contribution in [0.15, 0.2) is 16.9 Å². The number of halogens is 1. The van der Waals surface area contributed by atoms with Gasteiger partial charge in [-0.25, -0.2) is 15.0 Å². The SMILES string of the molecule is Cc1c(N2CC[C@@H]([C@H](C)NC(=O)OC(C)(C)C)C2)c(F)cc2c(OCC(=O)NN)cc(=O)n(C3CC3)c12. The minimum Gasteiger partial charge on any atom is -0.483 e. The number of amides is 2. The highest BCUT2D eigenvalue weighted by Crippen LogP contribution is 2.42. The predicted octanol–water partition coefficient (Wildman–Crippen LogP) is 2.89. The third kappa shape index (κ3) is 5.82. The molecule has 1 saturated heterocycles. The van der Waals surface area contributed by atoms with E-state index in [-0.39, 0.29) is 29.3 Å². The molecule has 2 fully saturated rings. The monoisotopic (exact) mass is 517 g/mol. The Balaban J connectivity index is 1.65. The van der Waals surface area contributed by atoms with Crippen molar-refractivity contribution in [3.63, 3.8) is 0 Å². The van der Waals surface area contributed by atoms with E-state index in [2.05, 4.69) is 5.32 Å². The molecule has 1 saturated carbocycles. The lowest BCUT2D eigenvalue weighted by atomic mass is 10.0. The van der Waals surface area contributed by atoms with Gasteiger partial charge in [-0.2, -0.15) is 0 Å². The highest BCUT2D eigenvalue weighted by molar-refractivity contribution is 5.92. The second kappa shape index (κ2) is 10.2. The van der Waals surface area contributed by atoms with Crippen molar-refractivity contribution in [2.75, 3.05) is 24.6 Å². The number of nitrogens with one attached hydrogen (secondary N) is 2. The van der Waals surface area contributed by atoms with Crippen LogP contribution >= 0.6 is 0 Å². The summed E-state index contributed by atoms with van der Waals surface area (Å²) in [7, 11) is 0. The standard InChI is InChI=1S/C26H36FN5O5/c1-14-23-18(20(36-13-21(33)30-28)11-22(34)32(23)17-6-7-17)10-19(27)24(14)31-9-8-16(12-31)15(2)29-25(35)37-26(3,4)5/h10-11,15-17H,6-9,12-13,28H2,1-5H3,(H,29,35)(H,30,33)/t15-,16+/m0/s1. The van der Waals surface area contributed by atoms with E-state index in [0.29, 0.717) is 35.2 Å². The van der Waals surface area contributed by atoms with Crippen LogP contribution in [-0.2, 0) is 9.53 Å². The number of hydrogen-bond donors (Lipinski definition) is 3. The van der Waals surface area contributed by atoms with Gasteiger partial charge < -0.3 is 24.3 Å². The normalized spacial score (nSPS) is 18.6. The van der Waals surface area contributed by atoms with E-state index in [0.717, 1.165) is 19.3 Å². The maximum Gasteiger partial charge on any atom is 0.407 e. The number of alkyl carbamates (subject to hydrolysis) is 1. The number of aromatic nitrogens is 1. The molecule has 2 atom stereocenters. The first kappa shape index (κ1) is 26.7. The van der Waals surface area contributed by atoms with E-state index >= 15 is 4.39 Å². The van der Waals surface area contributed by atoms with Gasteiger partial charge >= 0.3 is 6.09 Å². The Morgan fingerprint density at radius 2 is 1.95 bits per heavy atom. The number of hydrazine groups is 1. The minimum absolute atomic E-state index is 0.0535. The Hall–Kier alpha value is -3.34. The molecular weight excluding hydrogens is 481 g/mol. The summed E-state index contributed by atoms with van der Waals surface area (Å²) >= 11 is 0. The van der Waals surface area contributed by atoms with Crippen molar-refractivity contribution in [3.8, 4) is 5.75 Å². The van der Waals surface area contributed by atoms with Gasteiger partial charge in [-0.05, 0) is 71.4 Å². The zero-order valence-corrected chi connectivity index (χ0v) is 22.0. The molecule has 1 aromatic carbocycles. The number of carbonyl (C=O) groups excluding carboxylic acids is 2. The number of rotatable bonds is 7. The third-order valence-corrected chi connectivity index (χ3v) is 6.89. The molecule has 4 rings (SSSR count). The van der Waals surface area contributed by atoms with Crippen LogP contribution in [0.2, 0.25) is 0 Å². The Morgan fingerprint density at radius 3 is 2.57 bits per heavy atom. The van der Waals surface area contributed by atoms with Gasteiger partial charge in [0.2, 0.25) is 0 Å². The lowest BCUT2D eigenvalue weighted by Gasteiger charge is -2.27. The van der Waals surface area contributed by atoms with Gasteiger partial charge in [0.25, 0.3) is 11.5 Å². The molecule has 4 N–H and O–H groups in total. The number of aryl methyl sites for hydroxylation is 1. The van der Waals surface area contributed by atoms with Gasteiger partial charge in [0, 0.05) is 36.6 Å². The van der Waals surface area contributed by atoms with E-state index < -0.39 is 30.0 Å². The average Bonchev–Trinajstić information content (AvgIpc) is 3.52. The summed E-state index contributed by atoms with van der Waals surface area (Å²) in [5, 5.41) is 3.34. The molecule has 2 aromatic rings. The molecule has 37 heavy (non-hydrogen) atoms. The van der Waals surface area contributed by atoms with Crippen LogP contribution < -0.4 is 31.8 Å².